The predicted octanol–water partition coefficient (Wildman–Crippen LogP) is 4.26. The molecule has 0 aliphatic rings. The van der Waals surface area contributed by atoms with Gasteiger partial charge in [-0.25, -0.2) is 0 Å². The van der Waals surface area contributed by atoms with E-state index in [1.807, 2.05) is 17.8 Å². The molecule has 0 saturated heterocycles. The van der Waals surface area contributed by atoms with Crippen LogP contribution in [0.2, 0.25) is 0 Å². The minimum absolute atomic E-state index is 0.329. The van der Waals surface area contributed by atoms with Crippen LogP contribution in [-0.2, 0) is 0 Å². The largest absolute Gasteiger partial charge is 0.496 e. The monoisotopic (exact) mass is 267 g/mol. The van der Waals surface area contributed by atoms with Gasteiger partial charge in [0.15, 0.2) is 0 Å². The van der Waals surface area contributed by atoms with E-state index in [9.17, 15) is 0 Å². The van der Waals surface area contributed by atoms with E-state index in [0.717, 1.165) is 12.3 Å². The molecule has 1 rings (SSSR count). The summed E-state index contributed by atoms with van der Waals surface area (Å²) < 4.78 is 5.51. The highest BCUT2D eigenvalue weighted by Crippen LogP contribution is 2.35. The summed E-state index contributed by atoms with van der Waals surface area (Å²) >= 11 is 1.94. The molecule has 102 valence electrons. The summed E-state index contributed by atoms with van der Waals surface area (Å²) in [6.07, 6.45) is 2.51. The lowest BCUT2D eigenvalue weighted by Crippen LogP contribution is -2.19. The van der Waals surface area contributed by atoms with Crippen molar-refractivity contribution in [3.63, 3.8) is 0 Å². The molecule has 0 aromatic heterocycles. The molecule has 0 aliphatic heterocycles. The predicted molar refractivity (Wildman–Crippen MR) is 80.7 cm³/mol. The van der Waals surface area contributed by atoms with E-state index >= 15 is 0 Å². The summed E-state index contributed by atoms with van der Waals surface area (Å²) in [5.74, 6) is 2.17. The normalized spacial score (nSPS) is 12.4. The van der Waals surface area contributed by atoms with Crippen molar-refractivity contribution in [3.8, 4) is 5.75 Å². The Hall–Kier alpha value is -0.670. The van der Waals surface area contributed by atoms with Crippen LogP contribution in [0.3, 0.4) is 0 Å². The van der Waals surface area contributed by atoms with Crippen molar-refractivity contribution in [1.29, 1.82) is 0 Å². The molecule has 3 heteroatoms. The molecule has 0 fully saturated rings. The number of unbranched alkanes of at least 4 members (excludes halogenated alkanes) is 1. The fourth-order valence-electron chi connectivity index (χ4n) is 1.99. The van der Waals surface area contributed by atoms with Crippen molar-refractivity contribution in [3.05, 3.63) is 23.8 Å². The lowest BCUT2D eigenvalue weighted by atomic mass is 10.1. The molecule has 18 heavy (non-hydrogen) atoms. The standard InChI is InChI=1S/C15H25NOS/c1-5-7-11-18-14-10-8-9-13(17-4)15(14)12(3)16-6-2/h8-10,12,16H,5-7,11H2,1-4H3. The number of nitrogens with one attached hydrogen (secondary N) is 1. The number of hydrogen-bond acceptors (Lipinski definition) is 3. The van der Waals surface area contributed by atoms with Gasteiger partial charge in [-0.1, -0.05) is 26.3 Å². The van der Waals surface area contributed by atoms with Crippen molar-refractivity contribution < 1.29 is 4.74 Å². The average Bonchev–Trinajstić information content (AvgIpc) is 2.39. The van der Waals surface area contributed by atoms with Crippen LogP contribution in [0.5, 0.6) is 5.75 Å². The maximum atomic E-state index is 5.51. The zero-order chi connectivity index (χ0) is 13.4. The van der Waals surface area contributed by atoms with Gasteiger partial charge in [0.2, 0.25) is 0 Å². The third-order valence-electron chi connectivity index (χ3n) is 2.94. The summed E-state index contributed by atoms with van der Waals surface area (Å²) in [5, 5.41) is 3.47. The van der Waals surface area contributed by atoms with Gasteiger partial charge < -0.3 is 10.1 Å². The lowest BCUT2D eigenvalue weighted by Gasteiger charge is -2.20. The second-order valence-corrected chi connectivity index (χ2v) is 5.49. The minimum Gasteiger partial charge on any atom is -0.496 e. The van der Waals surface area contributed by atoms with Crippen molar-refractivity contribution in [2.75, 3.05) is 19.4 Å². The van der Waals surface area contributed by atoms with Crippen LogP contribution in [0.25, 0.3) is 0 Å². The Labute approximate surface area is 116 Å². The van der Waals surface area contributed by atoms with Crippen molar-refractivity contribution in [1.82, 2.24) is 5.32 Å². The van der Waals surface area contributed by atoms with Gasteiger partial charge in [0, 0.05) is 16.5 Å². The topological polar surface area (TPSA) is 21.3 Å². The van der Waals surface area contributed by atoms with Crippen molar-refractivity contribution in [2.45, 2.75) is 44.6 Å². The molecule has 1 aromatic carbocycles. The van der Waals surface area contributed by atoms with Crippen LogP contribution in [-0.4, -0.2) is 19.4 Å². The van der Waals surface area contributed by atoms with E-state index < -0.39 is 0 Å². The third kappa shape index (κ3) is 4.21. The number of ether oxygens (including phenoxy) is 1. The summed E-state index contributed by atoms with van der Waals surface area (Å²) in [6.45, 7) is 7.54. The second kappa shape index (κ2) is 8.44. The highest BCUT2D eigenvalue weighted by atomic mass is 32.2. The van der Waals surface area contributed by atoms with Gasteiger partial charge >= 0.3 is 0 Å². The van der Waals surface area contributed by atoms with Gasteiger partial charge in [-0.05, 0) is 37.8 Å². The SMILES string of the molecule is CCCCSc1cccc(OC)c1C(C)NCC. The molecular formula is C15H25NOS. The van der Waals surface area contributed by atoms with Gasteiger partial charge in [0.1, 0.15) is 5.75 Å². The van der Waals surface area contributed by atoms with Crippen LogP contribution in [0.4, 0.5) is 0 Å². The van der Waals surface area contributed by atoms with Crippen LogP contribution in [0.1, 0.15) is 45.2 Å². The maximum Gasteiger partial charge on any atom is 0.124 e. The minimum atomic E-state index is 0.329. The molecule has 0 amide bonds. The molecule has 0 heterocycles. The van der Waals surface area contributed by atoms with Crippen LogP contribution in [0.15, 0.2) is 23.1 Å². The molecule has 1 atom stereocenters. The highest BCUT2D eigenvalue weighted by molar-refractivity contribution is 7.99. The Morgan fingerprint density at radius 2 is 2.11 bits per heavy atom. The van der Waals surface area contributed by atoms with Crippen LogP contribution < -0.4 is 10.1 Å². The second-order valence-electron chi connectivity index (χ2n) is 4.35. The first-order chi connectivity index (χ1) is 8.74. The zero-order valence-electron chi connectivity index (χ0n) is 12.0. The zero-order valence-corrected chi connectivity index (χ0v) is 12.8. The quantitative estimate of drug-likeness (QED) is 0.562. The highest BCUT2D eigenvalue weighted by Gasteiger charge is 2.15. The molecule has 1 N–H and O–H groups in total. The molecule has 0 radical (unpaired) electrons. The number of hydrogen-bond donors (Lipinski definition) is 1. The van der Waals surface area contributed by atoms with Gasteiger partial charge in [-0.2, -0.15) is 0 Å². The van der Waals surface area contributed by atoms with Gasteiger partial charge in [0.05, 0.1) is 7.11 Å². The maximum absolute atomic E-state index is 5.51. The molecule has 1 unspecified atom stereocenters. The fraction of sp³-hybridized carbons (Fsp3) is 0.600. The third-order valence-corrected chi connectivity index (χ3v) is 4.10. The van der Waals surface area contributed by atoms with E-state index in [1.165, 1.54) is 29.1 Å². The molecule has 0 aliphatic carbocycles. The van der Waals surface area contributed by atoms with Gasteiger partial charge in [0.25, 0.3) is 0 Å². The van der Waals surface area contributed by atoms with E-state index in [2.05, 4.69) is 38.2 Å². The first-order valence-corrected chi connectivity index (χ1v) is 7.76. The molecule has 2 nitrogen and oxygen atoms in total. The first-order valence-electron chi connectivity index (χ1n) is 6.77. The summed E-state index contributed by atoms with van der Waals surface area (Å²) in [4.78, 5) is 1.34. The number of thioether (sulfide) groups is 1. The van der Waals surface area contributed by atoms with E-state index in [-0.39, 0.29) is 0 Å². The van der Waals surface area contributed by atoms with E-state index in [1.54, 1.807) is 7.11 Å². The van der Waals surface area contributed by atoms with E-state index in [0.29, 0.717) is 6.04 Å². The number of benzene rings is 1. The molecule has 0 saturated carbocycles. The summed E-state index contributed by atoms with van der Waals surface area (Å²) in [7, 11) is 1.75. The smallest absolute Gasteiger partial charge is 0.124 e. The molecule has 0 spiro atoms. The first kappa shape index (κ1) is 15.4. The summed E-state index contributed by atoms with van der Waals surface area (Å²) in [5.41, 5.74) is 1.29. The molecule has 0 bridgehead atoms. The summed E-state index contributed by atoms with van der Waals surface area (Å²) in [6, 6.07) is 6.66. The van der Waals surface area contributed by atoms with Gasteiger partial charge in [-0.15, -0.1) is 11.8 Å². The fourth-order valence-corrected chi connectivity index (χ4v) is 3.25. The van der Waals surface area contributed by atoms with E-state index in [4.69, 9.17) is 4.74 Å². The lowest BCUT2D eigenvalue weighted by molar-refractivity contribution is 0.400. The Bertz CT molecular complexity index is 354. The molecular weight excluding hydrogens is 242 g/mol. The van der Waals surface area contributed by atoms with Crippen molar-refractivity contribution in [2.24, 2.45) is 0 Å². The number of rotatable bonds is 8. The van der Waals surface area contributed by atoms with Crippen LogP contribution >= 0.6 is 11.8 Å². The van der Waals surface area contributed by atoms with Gasteiger partial charge in [-0.3, -0.25) is 0 Å². The van der Waals surface area contributed by atoms with Crippen LogP contribution in [0, 0.1) is 0 Å². The average molecular weight is 267 g/mol. The Balaban J connectivity index is 2.92. The number of methoxy groups -OCH3 is 1. The Kier molecular flexibility index (Phi) is 7.21. The Morgan fingerprint density at radius 1 is 1.33 bits per heavy atom. The van der Waals surface area contributed by atoms with Crippen molar-refractivity contribution >= 4 is 11.8 Å². The molecule has 1 aromatic rings. The Morgan fingerprint density at radius 3 is 2.72 bits per heavy atom.